The largest absolute Gasteiger partial charge is 0.382 e. The van der Waals surface area contributed by atoms with Crippen LogP contribution in [0.4, 0.5) is 5.13 Å². The van der Waals surface area contributed by atoms with Gasteiger partial charge in [-0.3, -0.25) is 9.59 Å². The van der Waals surface area contributed by atoms with Crippen LogP contribution >= 0.6 is 11.3 Å². The van der Waals surface area contributed by atoms with E-state index in [9.17, 15) is 9.59 Å². The zero-order chi connectivity index (χ0) is 22.9. The SMILES string of the molecule is CCOCCCN(CC(=O)Nc1nc(C)c(C)s1)C(=O)c1ccc(-c2ccccc2)cc1. The van der Waals surface area contributed by atoms with E-state index in [0.29, 0.717) is 36.9 Å². The van der Waals surface area contributed by atoms with Crippen molar-refractivity contribution in [2.24, 2.45) is 0 Å². The Kier molecular flexibility index (Phi) is 8.53. The average molecular weight is 452 g/mol. The van der Waals surface area contributed by atoms with E-state index >= 15 is 0 Å². The Bertz CT molecular complexity index is 1010. The molecule has 0 atom stereocenters. The zero-order valence-electron chi connectivity index (χ0n) is 18.8. The number of anilines is 1. The van der Waals surface area contributed by atoms with Gasteiger partial charge in [0.15, 0.2) is 5.13 Å². The fourth-order valence-corrected chi connectivity index (χ4v) is 4.06. The van der Waals surface area contributed by atoms with Crippen LogP contribution < -0.4 is 5.32 Å². The van der Waals surface area contributed by atoms with Crippen LogP contribution in [-0.4, -0.2) is 48.0 Å². The first-order valence-electron chi connectivity index (χ1n) is 10.7. The van der Waals surface area contributed by atoms with Crippen molar-refractivity contribution in [2.45, 2.75) is 27.2 Å². The number of amides is 2. The number of nitrogens with zero attached hydrogens (tertiary/aromatic N) is 2. The fraction of sp³-hybridized carbons (Fsp3) is 0.320. The van der Waals surface area contributed by atoms with Gasteiger partial charge >= 0.3 is 0 Å². The highest BCUT2D eigenvalue weighted by atomic mass is 32.1. The molecule has 0 fully saturated rings. The van der Waals surface area contributed by atoms with Crippen LogP contribution in [-0.2, 0) is 9.53 Å². The second-order valence-corrected chi connectivity index (χ2v) is 8.63. The molecular weight excluding hydrogens is 422 g/mol. The van der Waals surface area contributed by atoms with Crippen molar-refractivity contribution in [1.82, 2.24) is 9.88 Å². The van der Waals surface area contributed by atoms with Crippen molar-refractivity contribution in [3.63, 3.8) is 0 Å². The normalized spacial score (nSPS) is 10.7. The van der Waals surface area contributed by atoms with Gasteiger partial charge in [-0.25, -0.2) is 4.98 Å². The molecule has 0 radical (unpaired) electrons. The van der Waals surface area contributed by atoms with Gasteiger partial charge in [0.2, 0.25) is 5.91 Å². The number of aromatic nitrogens is 1. The van der Waals surface area contributed by atoms with Crippen LogP contribution in [0.5, 0.6) is 0 Å². The van der Waals surface area contributed by atoms with Gasteiger partial charge in [0.25, 0.3) is 5.91 Å². The quantitative estimate of drug-likeness (QED) is 0.444. The Labute approximate surface area is 193 Å². The van der Waals surface area contributed by atoms with Crippen molar-refractivity contribution in [2.75, 3.05) is 31.6 Å². The van der Waals surface area contributed by atoms with E-state index in [4.69, 9.17) is 4.74 Å². The van der Waals surface area contributed by atoms with Gasteiger partial charge in [-0.15, -0.1) is 11.3 Å². The number of benzene rings is 2. The van der Waals surface area contributed by atoms with Crippen LogP contribution in [0.15, 0.2) is 54.6 Å². The molecule has 0 saturated carbocycles. The molecule has 0 unspecified atom stereocenters. The Hall–Kier alpha value is -3.03. The summed E-state index contributed by atoms with van der Waals surface area (Å²) < 4.78 is 5.40. The monoisotopic (exact) mass is 451 g/mol. The van der Waals surface area contributed by atoms with Gasteiger partial charge in [-0.1, -0.05) is 42.5 Å². The topological polar surface area (TPSA) is 71.5 Å². The molecule has 6 nitrogen and oxygen atoms in total. The smallest absolute Gasteiger partial charge is 0.254 e. The predicted molar refractivity (Wildman–Crippen MR) is 129 cm³/mol. The summed E-state index contributed by atoms with van der Waals surface area (Å²) >= 11 is 1.43. The Morgan fingerprint density at radius 1 is 1.03 bits per heavy atom. The number of ether oxygens (including phenoxy) is 1. The third-order valence-electron chi connectivity index (χ3n) is 5.06. The molecule has 2 aromatic carbocycles. The minimum absolute atomic E-state index is 0.0386. The van der Waals surface area contributed by atoms with Crippen molar-refractivity contribution in [3.05, 3.63) is 70.7 Å². The van der Waals surface area contributed by atoms with Crippen LogP contribution in [0.2, 0.25) is 0 Å². The minimum Gasteiger partial charge on any atom is -0.382 e. The number of hydrogen-bond acceptors (Lipinski definition) is 5. The molecule has 3 rings (SSSR count). The third-order valence-corrected chi connectivity index (χ3v) is 6.04. The minimum atomic E-state index is -0.260. The molecule has 168 valence electrons. The summed E-state index contributed by atoms with van der Waals surface area (Å²) in [6, 6.07) is 17.5. The predicted octanol–water partition coefficient (Wildman–Crippen LogP) is 4.93. The first kappa shape index (κ1) is 23.6. The van der Waals surface area contributed by atoms with Gasteiger partial charge in [0.05, 0.1) is 5.69 Å². The highest BCUT2D eigenvalue weighted by Gasteiger charge is 2.20. The second-order valence-electron chi connectivity index (χ2n) is 7.43. The van der Waals surface area contributed by atoms with E-state index in [-0.39, 0.29) is 18.4 Å². The molecular formula is C25H29N3O3S. The summed E-state index contributed by atoms with van der Waals surface area (Å²) in [6.07, 6.45) is 0.657. The van der Waals surface area contributed by atoms with Crippen molar-refractivity contribution < 1.29 is 14.3 Å². The van der Waals surface area contributed by atoms with Crippen molar-refractivity contribution in [3.8, 4) is 11.1 Å². The number of carbonyl (C=O) groups excluding carboxylic acids is 2. The molecule has 0 bridgehead atoms. The van der Waals surface area contributed by atoms with E-state index in [1.54, 1.807) is 4.90 Å². The van der Waals surface area contributed by atoms with Crippen LogP contribution in [0.3, 0.4) is 0 Å². The molecule has 2 amide bonds. The third kappa shape index (κ3) is 6.48. The highest BCUT2D eigenvalue weighted by Crippen LogP contribution is 2.22. The van der Waals surface area contributed by atoms with E-state index in [2.05, 4.69) is 10.3 Å². The summed E-state index contributed by atoms with van der Waals surface area (Å²) in [5, 5.41) is 3.37. The molecule has 7 heteroatoms. The van der Waals surface area contributed by atoms with Gasteiger partial charge < -0.3 is 15.0 Å². The first-order valence-corrected chi connectivity index (χ1v) is 11.6. The number of rotatable bonds is 10. The summed E-state index contributed by atoms with van der Waals surface area (Å²) in [5.74, 6) is -0.438. The molecule has 0 spiro atoms. The maximum absolute atomic E-state index is 13.2. The Morgan fingerprint density at radius 3 is 2.34 bits per heavy atom. The Balaban J connectivity index is 1.70. The van der Waals surface area contributed by atoms with Gasteiger partial charge in [-0.2, -0.15) is 0 Å². The maximum atomic E-state index is 13.2. The molecule has 32 heavy (non-hydrogen) atoms. The van der Waals surface area contributed by atoms with Gasteiger partial charge in [-0.05, 0) is 50.5 Å². The first-order chi connectivity index (χ1) is 15.5. The number of nitrogens with one attached hydrogen (secondary N) is 1. The van der Waals surface area contributed by atoms with Crippen LogP contribution in [0, 0.1) is 13.8 Å². The molecule has 0 saturated heterocycles. The van der Waals surface area contributed by atoms with Crippen LogP contribution in [0.1, 0.15) is 34.3 Å². The molecule has 0 aliphatic heterocycles. The van der Waals surface area contributed by atoms with Gasteiger partial charge in [0.1, 0.15) is 6.54 Å². The molecule has 0 aliphatic rings. The summed E-state index contributed by atoms with van der Waals surface area (Å²) in [5.41, 5.74) is 3.58. The van der Waals surface area contributed by atoms with Gasteiger partial charge in [0, 0.05) is 30.2 Å². The molecule has 1 heterocycles. The summed E-state index contributed by atoms with van der Waals surface area (Å²) in [7, 11) is 0. The lowest BCUT2D eigenvalue weighted by atomic mass is 10.0. The summed E-state index contributed by atoms with van der Waals surface area (Å²) in [4.78, 5) is 32.8. The number of aryl methyl sites for hydroxylation is 2. The number of thiazole rings is 1. The van der Waals surface area contributed by atoms with E-state index in [0.717, 1.165) is 21.7 Å². The lowest BCUT2D eigenvalue weighted by Gasteiger charge is -2.22. The molecule has 0 aliphatic carbocycles. The standard InChI is InChI=1S/C25H29N3O3S/c1-4-31-16-8-15-28(17-23(29)27-25-26-18(2)19(3)32-25)24(30)22-13-11-21(12-14-22)20-9-6-5-7-10-20/h5-7,9-14H,4,8,15-17H2,1-3H3,(H,26,27,29). The molecule has 3 aromatic rings. The van der Waals surface area contributed by atoms with E-state index < -0.39 is 0 Å². The van der Waals surface area contributed by atoms with Crippen LogP contribution in [0.25, 0.3) is 11.1 Å². The van der Waals surface area contributed by atoms with Crippen molar-refractivity contribution in [1.29, 1.82) is 0 Å². The number of carbonyl (C=O) groups is 2. The zero-order valence-corrected chi connectivity index (χ0v) is 19.6. The second kappa shape index (κ2) is 11.5. The van der Waals surface area contributed by atoms with E-state index in [1.165, 1.54) is 11.3 Å². The number of hydrogen-bond donors (Lipinski definition) is 1. The lowest BCUT2D eigenvalue weighted by Crippen LogP contribution is -2.39. The fourth-order valence-electron chi connectivity index (χ4n) is 3.23. The molecule has 1 N–H and O–H groups in total. The lowest BCUT2D eigenvalue weighted by molar-refractivity contribution is -0.116. The molecule has 1 aromatic heterocycles. The Morgan fingerprint density at radius 2 is 1.72 bits per heavy atom. The average Bonchev–Trinajstić information content (AvgIpc) is 3.12. The maximum Gasteiger partial charge on any atom is 0.254 e. The van der Waals surface area contributed by atoms with Crippen molar-refractivity contribution >= 4 is 28.3 Å². The summed E-state index contributed by atoms with van der Waals surface area (Å²) in [6.45, 7) is 7.36. The van der Waals surface area contributed by atoms with E-state index in [1.807, 2.05) is 75.4 Å². The highest BCUT2D eigenvalue weighted by molar-refractivity contribution is 7.15.